The first-order valence-corrected chi connectivity index (χ1v) is 10.7. The first-order chi connectivity index (χ1) is 16.5. The number of carbonyl (C=O) groups is 5. The molecule has 12 nitrogen and oxygen atoms in total. The van der Waals surface area contributed by atoms with Crippen molar-refractivity contribution in [2.24, 2.45) is 0 Å². The molecule has 3 unspecified atom stereocenters. The molecule has 0 saturated carbocycles. The summed E-state index contributed by atoms with van der Waals surface area (Å²) in [5.74, 6) is -3.17. The average molecular weight is 496 g/mol. The number of ether oxygens (including phenoxy) is 7. The van der Waals surface area contributed by atoms with Crippen LogP contribution in [-0.4, -0.2) is 67.2 Å². The SMILES string of the molecule is CC(=O)OCc1ccccc1O[C@@H]1OC(COC(C)=O)[C@@H](OC(C)=O)C(OC(C)=O)C1OC(C)=O. The highest BCUT2D eigenvalue weighted by molar-refractivity contribution is 5.69. The zero-order chi connectivity index (χ0) is 26.1. The smallest absolute Gasteiger partial charge is 0.303 e. The molecule has 0 bridgehead atoms. The average Bonchev–Trinajstić information content (AvgIpc) is 2.74. The standard InChI is InChI=1S/C23H28O12/c1-12(24)29-10-17-8-6-7-9-18(17)34-23-22(33-16(5)28)21(32-15(4)27)20(31-14(3)26)19(35-23)11-30-13(2)25/h6-9,19-23H,10-11H2,1-5H3/t19?,20-,21?,22?,23-/m1/s1. The van der Waals surface area contributed by atoms with Gasteiger partial charge in [0, 0.05) is 40.2 Å². The minimum absolute atomic E-state index is 0.114. The van der Waals surface area contributed by atoms with Gasteiger partial charge in [-0.05, 0) is 6.07 Å². The lowest BCUT2D eigenvalue weighted by Crippen LogP contribution is -2.63. The molecule has 1 aliphatic heterocycles. The third-order valence-corrected chi connectivity index (χ3v) is 4.59. The van der Waals surface area contributed by atoms with Crippen molar-refractivity contribution >= 4 is 29.8 Å². The van der Waals surface area contributed by atoms with Gasteiger partial charge in [0.1, 0.15) is 25.1 Å². The van der Waals surface area contributed by atoms with Crippen molar-refractivity contribution in [3.05, 3.63) is 29.8 Å². The zero-order valence-electron chi connectivity index (χ0n) is 20.0. The molecule has 35 heavy (non-hydrogen) atoms. The van der Waals surface area contributed by atoms with Gasteiger partial charge in [0.15, 0.2) is 12.2 Å². The molecule has 192 valence electrons. The van der Waals surface area contributed by atoms with Crippen molar-refractivity contribution in [3.8, 4) is 5.75 Å². The van der Waals surface area contributed by atoms with E-state index in [9.17, 15) is 24.0 Å². The van der Waals surface area contributed by atoms with E-state index in [2.05, 4.69) is 0 Å². The largest absolute Gasteiger partial charge is 0.463 e. The van der Waals surface area contributed by atoms with Gasteiger partial charge < -0.3 is 33.2 Å². The van der Waals surface area contributed by atoms with E-state index in [4.69, 9.17) is 33.2 Å². The normalized spacial score (nSPS) is 23.4. The molecule has 5 atom stereocenters. The van der Waals surface area contributed by atoms with E-state index < -0.39 is 60.6 Å². The highest BCUT2D eigenvalue weighted by atomic mass is 16.7. The Labute approximate surface area is 201 Å². The Kier molecular flexibility index (Phi) is 10.0. The maximum atomic E-state index is 11.9. The number of esters is 5. The van der Waals surface area contributed by atoms with Crippen molar-refractivity contribution in [3.63, 3.8) is 0 Å². The summed E-state index contributed by atoms with van der Waals surface area (Å²) < 4.78 is 38.0. The summed E-state index contributed by atoms with van der Waals surface area (Å²) in [5.41, 5.74) is 0.468. The Morgan fingerprint density at radius 1 is 0.714 bits per heavy atom. The zero-order valence-corrected chi connectivity index (χ0v) is 20.0. The second-order valence-electron chi connectivity index (χ2n) is 7.57. The van der Waals surface area contributed by atoms with Crippen LogP contribution in [0.5, 0.6) is 5.75 Å². The lowest BCUT2D eigenvalue weighted by molar-refractivity contribution is -0.288. The Morgan fingerprint density at radius 3 is 1.83 bits per heavy atom. The van der Waals surface area contributed by atoms with Gasteiger partial charge >= 0.3 is 29.8 Å². The summed E-state index contributed by atoms with van der Waals surface area (Å²) in [4.78, 5) is 58.3. The molecule has 12 heteroatoms. The molecule has 0 aliphatic carbocycles. The van der Waals surface area contributed by atoms with Crippen molar-refractivity contribution in [1.29, 1.82) is 0 Å². The molecule has 0 radical (unpaired) electrons. The highest BCUT2D eigenvalue weighted by Crippen LogP contribution is 2.32. The summed E-state index contributed by atoms with van der Waals surface area (Å²) in [5, 5.41) is 0. The molecule has 1 saturated heterocycles. The van der Waals surface area contributed by atoms with Crippen molar-refractivity contribution in [2.75, 3.05) is 6.61 Å². The van der Waals surface area contributed by atoms with E-state index in [1.165, 1.54) is 13.8 Å². The fourth-order valence-corrected chi connectivity index (χ4v) is 3.33. The first-order valence-electron chi connectivity index (χ1n) is 10.7. The molecule has 0 spiro atoms. The second-order valence-corrected chi connectivity index (χ2v) is 7.57. The predicted octanol–water partition coefficient (Wildman–Crippen LogP) is 1.21. The Morgan fingerprint density at radius 2 is 1.26 bits per heavy atom. The van der Waals surface area contributed by atoms with E-state index >= 15 is 0 Å². The molecule has 0 amide bonds. The number of hydrogen-bond acceptors (Lipinski definition) is 12. The summed E-state index contributed by atoms with van der Waals surface area (Å²) >= 11 is 0. The van der Waals surface area contributed by atoms with E-state index in [0.717, 1.165) is 20.8 Å². The van der Waals surface area contributed by atoms with Gasteiger partial charge in [0.25, 0.3) is 0 Å². The monoisotopic (exact) mass is 496 g/mol. The van der Waals surface area contributed by atoms with Crippen LogP contribution >= 0.6 is 0 Å². The van der Waals surface area contributed by atoms with Gasteiger partial charge in [-0.1, -0.05) is 18.2 Å². The van der Waals surface area contributed by atoms with Gasteiger partial charge in [0.05, 0.1) is 0 Å². The van der Waals surface area contributed by atoms with Crippen LogP contribution in [0.2, 0.25) is 0 Å². The fraction of sp³-hybridized carbons (Fsp3) is 0.522. The van der Waals surface area contributed by atoms with Crippen LogP contribution in [0.4, 0.5) is 0 Å². The van der Waals surface area contributed by atoms with Crippen molar-refractivity contribution in [1.82, 2.24) is 0 Å². The van der Waals surface area contributed by atoms with Crippen LogP contribution in [0.15, 0.2) is 24.3 Å². The van der Waals surface area contributed by atoms with Gasteiger partial charge in [-0.25, -0.2) is 0 Å². The highest BCUT2D eigenvalue weighted by Gasteiger charge is 2.53. The number of carbonyl (C=O) groups excluding carboxylic acids is 5. The molecule has 2 rings (SSSR count). The van der Waals surface area contributed by atoms with Crippen LogP contribution in [0.1, 0.15) is 40.2 Å². The fourth-order valence-electron chi connectivity index (χ4n) is 3.33. The van der Waals surface area contributed by atoms with Gasteiger partial charge in [-0.15, -0.1) is 0 Å². The van der Waals surface area contributed by atoms with E-state index in [0.29, 0.717) is 5.56 Å². The van der Waals surface area contributed by atoms with Crippen LogP contribution < -0.4 is 4.74 Å². The van der Waals surface area contributed by atoms with Crippen LogP contribution in [0.3, 0.4) is 0 Å². The first kappa shape index (κ1) is 27.6. The van der Waals surface area contributed by atoms with Crippen molar-refractivity contribution in [2.45, 2.75) is 71.9 Å². The second kappa shape index (κ2) is 12.7. The topological polar surface area (TPSA) is 150 Å². The van der Waals surface area contributed by atoms with Gasteiger partial charge in [-0.2, -0.15) is 0 Å². The number of benzene rings is 1. The number of hydrogen-bond donors (Lipinski definition) is 0. The third kappa shape index (κ3) is 8.56. The molecule has 1 aromatic carbocycles. The Balaban J connectivity index is 2.47. The molecule has 1 heterocycles. The van der Waals surface area contributed by atoms with Crippen LogP contribution in [0.25, 0.3) is 0 Å². The van der Waals surface area contributed by atoms with Gasteiger partial charge in [0.2, 0.25) is 12.4 Å². The molecule has 1 fully saturated rings. The van der Waals surface area contributed by atoms with E-state index in [-0.39, 0.29) is 19.0 Å². The minimum Gasteiger partial charge on any atom is -0.463 e. The molecule has 1 aromatic rings. The lowest BCUT2D eigenvalue weighted by Gasteiger charge is -2.44. The minimum atomic E-state index is -1.39. The summed E-state index contributed by atoms with van der Waals surface area (Å²) in [7, 11) is 0. The summed E-state index contributed by atoms with van der Waals surface area (Å²) in [6, 6.07) is 6.55. The summed E-state index contributed by atoms with van der Waals surface area (Å²) in [6.45, 7) is 5.31. The van der Waals surface area contributed by atoms with Crippen molar-refractivity contribution < 1.29 is 57.1 Å². The quantitative estimate of drug-likeness (QED) is 0.357. The molecule has 0 N–H and O–H groups in total. The number of para-hydroxylation sites is 1. The predicted molar refractivity (Wildman–Crippen MR) is 114 cm³/mol. The van der Waals surface area contributed by atoms with Crippen LogP contribution in [0, 0.1) is 0 Å². The Hall–Kier alpha value is -3.67. The molecule has 0 aromatic heterocycles. The molecular formula is C23H28O12. The number of rotatable bonds is 9. The third-order valence-electron chi connectivity index (χ3n) is 4.59. The maximum Gasteiger partial charge on any atom is 0.303 e. The van der Waals surface area contributed by atoms with E-state index in [1.807, 2.05) is 0 Å². The molecule has 1 aliphatic rings. The lowest BCUT2D eigenvalue weighted by atomic mass is 9.98. The van der Waals surface area contributed by atoms with Gasteiger partial charge in [-0.3, -0.25) is 24.0 Å². The maximum absolute atomic E-state index is 11.9. The van der Waals surface area contributed by atoms with E-state index in [1.54, 1.807) is 24.3 Å². The Bertz CT molecular complexity index is 942. The van der Waals surface area contributed by atoms with Crippen LogP contribution in [-0.2, 0) is 59.0 Å². The summed E-state index contributed by atoms with van der Waals surface area (Å²) in [6.07, 6.45) is -6.58. The molecular weight excluding hydrogens is 468 g/mol.